The van der Waals surface area contributed by atoms with E-state index in [0.29, 0.717) is 44.2 Å². The van der Waals surface area contributed by atoms with Crippen LogP contribution in [-0.2, 0) is 10.0 Å². The standard InChI is InChI=1S/C25H27ClN8O3S/c1-37-22-4-3-19(26)13-23(22)38(35,36)33-10-2-9-32(11-12-33)16-20(5-7-27)34-15-18(14-31-34)24-21-6-8-28-25(21)30-17-29-24/h3-4,6,8,13-15,17,20H,2,5,9-12,16H2,1H3,(H,28,29,30). The third-order valence-electron chi connectivity index (χ3n) is 6.69. The van der Waals surface area contributed by atoms with Crippen LogP contribution in [0.2, 0.25) is 5.02 Å². The fourth-order valence-corrected chi connectivity index (χ4v) is 6.66. The minimum Gasteiger partial charge on any atom is -0.495 e. The van der Waals surface area contributed by atoms with E-state index in [-0.39, 0.29) is 23.1 Å². The highest BCUT2D eigenvalue weighted by Crippen LogP contribution is 2.30. The van der Waals surface area contributed by atoms with E-state index in [1.54, 1.807) is 23.0 Å². The van der Waals surface area contributed by atoms with Crippen molar-refractivity contribution in [1.29, 1.82) is 5.26 Å². The third kappa shape index (κ3) is 5.23. The molecular weight excluding hydrogens is 528 g/mol. The highest BCUT2D eigenvalue weighted by Gasteiger charge is 2.30. The summed E-state index contributed by atoms with van der Waals surface area (Å²) in [6, 6.07) is 8.58. The Kier molecular flexibility index (Phi) is 7.62. The molecular formula is C25H27ClN8O3S. The number of hydrogen-bond donors (Lipinski definition) is 1. The molecule has 0 radical (unpaired) electrons. The molecule has 0 spiro atoms. The Balaban J connectivity index is 1.31. The summed E-state index contributed by atoms with van der Waals surface area (Å²) in [5.74, 6) is 0.264. The molecule has 0 amide bonds. The number of halogens is 1. The zero-order chi connectivity index (χ0) is 26.7. The van der Waals surface area contributed by atoms with Gasteiger partial charge in [-0.3, -0.25) is 9.58 Å². The minimum atomic E-state index is -3.79. The van der Waals surface area contributed by atoms with E-state index < -0.39 is 10.0 Å². The molecule has 1 aliphatic rings. The van der Waals surface area contributed by atoms with Crippen LogP contribution in [0.5, 0.6) is 5.75 Å². The van der Waals surface area contributed by atoms with E-state index in [1.807, 2.05) is 18.5 Å². The second-order valence-corrected chi connectivity index (χ2v) is 11.4. The first kappa shape index (κ1) is 26.1. The van der Waals surface area contributed by atoms with Crippen molar-refractivity contribution in [2.24, 2.45) is 0 Å². The van der Waals surface area contributed by atoms with Crippen molar-refractivity contribution in [1.82, 2.24) is 33.9 Å². The lowest BCUT2D eigenvalue weighted by Gasteiger charge is -2.25. The molecule has 198 valence electrons. The molecule has 1 fully saturated rings. The topological polar surface area (TPSA) is 133 Å². The monoisotopic (exact) mass is 554 g/mol. The summed E-state index contributed by atoms with van der Waals surface area (Å²) in [5.41, 5.74) is 2.35. The number of aromatic nitrogens is 5. The van der Waals surface area contributed by atoms with Gasteiger partial charge in [0, 0.05) is 54.5 Å². The molecule has 4 heterocycles. The molecule has 1 aliphatic heterocycles. The van der Waals surface area contributed by atoms with Gasteiger partial charge in [0.1, 0.15) is 22.6 Å². The van der Waals surface area contributed by atoms with E-state index in [1.165, 1.54) is 23.8 Å². The number of benzene rings is 1. The van der Waals surface area contributed by atoms with Crippen LogP contribution in [0.25, 0.3) is 22.3 Å². The highest BCUT2D eigenvalue weighted by atomic mass is 35.5. The molecule has 13 heteroatoms. The first-order chi connectivity index (χ1) is 18.4. The third-order valence-corrected chi connectivity index (χ3v) is 8.84. The summed E-state index contributed by atoms with van der Waals surface area (Å²) in [6.45, 7) is 2.48. The predicted octanol–water partition coefficient (Wildman–Crippen LogP) is 3.33. The van der Waals surface area contributed by atoms with Gasteiger partial charge in [-0.05, 0) is 37.2 Å². The number of nitrogens with one attached hydrogen (secondary N) is 1. The fourth-order valence-electron chi connectivity index (χ4n) is 4.77. The summed E-state index contributed by atoms with van der Waals surface area (Å²) < 4.78 is 35.4. The Labute approximate surface area is 225 Å². The van der Waals surface area contributed by atoms with Crippen molar-refractivity contribution in [3.8, 4) is 23.1 Å². The van der Waals surface area contributed by atoms with Crippen molar-refractivity contribution >= 4 is 32.7 Å². The SMILES string of the molecule is COc1ccc(Cl)cc1S(=O)(=O)N1CCCN(CC(CC#N)n2cc(-c3ncnc4[nH]ccc34)cn2)CC1. The molecule has 3 aromatic heterocycles. The first-order valence-corrected chi connectivity index (χ1v) is 14.0. The number of methoxy groups -OCH3 is 1. The lowest BCUT2D eigenvalue weighted by Crippen LogP contribution is -2.37. The van der Waals surface area contributed by atoms with Crippen molar-refractivity contribution < 1.29 is 13.2 Å². The zero-order valence-electron chi connectivity index (χ0n) is 20.8. The Hall–Kier alpha value is -3.50. The molecule has 1 unspecified atom stereocenters. The van der Waals surface area contributed by atoms with Gasteiger partial charge < -0.3 is 9.72 Å². The molecule has 1 atom stereocenters. The largest absolute Gasteiger partial charge is 0.495 e. The van der Waals surface area contributed by atoms with Gasteiger partial charge in [-0.1, -0.05) is 11.6 Å². The van der Waals surface area contributed by atoms with Crippen LogP contribution in [0.3, 0.4) is 0 Å². The molecule has 1 N–H and O–H groups in total. The lowest BCUT2D eigenvalue weighted by molar-refractivity contribution is 0.234. The minimum absolute atomic E-state index is 0.0635. The van der Waals surface area contributed by atoms with Crippen LogP contribution in [0, 0.1) is 11.3 Å². The number of rotatable bonds is 8. The van der Waals surface area contributed by atoms with E-state index in [2.05, 4.69) is 31.0 Å². The number of aromatic amines is 1. The van der Waals surface area contributed by atoms with E-state index in [0.717, 1.165) is 22.3 Å². The van der Waals surface area contributed by atoms with Crippen LogP contribution in [0.4, 0.5) is 0 Å². The second-order valence-electron chi connectivity index (χ2n) is 9.04. The molecule has 0 bridgehead atoms. The molecule has 4 aromatic rings. The number of fused-ring (bicyclic) bond motifs is 1. The van der Waals surface area contributed by atoms with Gasteiger partial charge in [0.25, 0.3) is 0 Å². The Bertz CT molecular complexity index is 1580. The normalized spacial score (nSPS) is 16.2. The molecule has 11 nitrogen and oxygen atoms in total. The predicted molar refractivity (Wildman–Crippen MR) is 142 cm³/mol. The summed E-state index contributed by atoms with van der Waals surface area (Å²) in [7, 11) is -2.35. The van der Waals surface area contributed by atoms with Gasteiger partial charge in [-0.25, -0.2) is 18.4 Å². The van der Waals surface area contributed by atoms with Crippen molar-refractivity contribution in [3.05, 3.63) is 54.2 Å². The summed E-state index contributed by atoms with van der Waals surface area (Å²) in [6.07, 6.45) is 7.89. The number of nitrogens with zero attached hydrogens (tertiary/aromatic N) is 7. The Morgan fingerprint density at radius 2 is 2.08 bits per heavy atom. The van der Waals surface area contributed by atoms with Gasteiger partial charge in [0.15, 0.2) is 0 Å². The van der Waals surface area contributed by atoms with Gasteiger partial charge in [-0.15, -0.1) is 0 Å². The van der Waals surface area contributed by atoms with Crippen molar-refractivity contribution in [2.45, 2.75) is 23.8 Å². The molecule has 1 aromatic carbocycles. The maximum atomic E-state index is 13.4. The molecule has 0 saturated carbocycles. The van der Waals surface area contributed by atoms with Crippen molar-refractivity contribution in [2.75, 3.05) is 39.8 Å². The highest BCUT2D eigenvalue weighted by molar-refractivity contribution is 7.89. The van der Waals surface area contributed by atoms with Crippen molar-refractivity contribution in [3.63, 3.8) is 0 Å². The second kappa shape index (κ2) is 11.1. The number of sulfonamides is 1. The first-order valence-electron chi connectivity index (χ1n) is 12.2. The van der Waals surface area contributed by atoms with Crippen LogP contribution in [0.1, 0.15) is 18.9 Å². The fraction of sp³-hybridized carbons (Fsp3) is 0.360. The summed E-state index contributed by atoms with van der Waals surface area (Å²) in [4.78, 5) is 14.0. The number of nitriles is 1. The molecule has 38 heavy (non-hydrogen) atoms. The van der Waals surface area contributed by atoms with E-state index >= 15 is 0 Å². The van der Waals surface area contributed by atoms with Gasteiger partial charge in [-0.2, -0.15) is 14.7 Å². The van der Waals surface area contributed by atoms with E-state index in [4.69, 9.17) is 16.3 Å². The Morgan fingerprint density at radius 3 is 2.89 bits per heavy atom. The smallest absolute Gasteiger partial charge is 0.246 e. The average molecular weight is 555 g/mol. The molecule has 0 aliphatic carbocycles. The van der Waals surface area contributed by atoms with Crippen LogP contribution < -0.4 is 4.74 Å². The Morgan fingerprint density at radius 1 is 1.21 bits per heavy atom. The van der Waals surface area contributed by atoms with Gasteiger partial charge in [0.2, 0.25) is 10.0 Å². The van der Waals surface area contributed by atoms with Gasteiger partial charge >= 0.3 is 0 Å². The molecule has 5 rings (SSSR count). The maximum absolute atomic E-state index is 13.4. The van der Waals surface area contributed by atoms with Crippen LogP contribution >= 0.6 is 11.6 Å². The molecule has 1 saturated heterocycles. The summed E-state index contributed by atoms with van der Waals surface area (Å²) in [5, 5.41) is 15.3. The number of H-pyrrole nitrogens is 1. The lowest BCUT2D eigenvalue weighted by atomic mass is 10.1. The quantitative estimate of drug-likeness (QED) is 0.350. The summed E-state index contributed by atoms with van der Waals surface area (Å²) >= 11 is 6.09. The van der Waals surface area contributed by atoms with Crippen LogP contribution in [0.15, 0.2) is 54.1 Å². The average Bonchev–Trinajstić information content (AvgIpc) is 3.54. The maximum Gasteiger partial charge on any atom is 0.246 e. The van der Waals surface area contributed by atoms with E-state index in [9.17, 15) is 13.7 Å². The number of hydrogen-bond acceptors (Lipinski definition) is 8. The number of ether oxygens (including phenoxy) is 1. The zero-order valence-corrected chi connectivity index (χ0v) is 22.4. The van der Waals surface area contributed by atoms with Crippen LogP contribution in [-0.4, -0.2) is 82.2 Å². The van der Waals surface area contributed by atoms with Gasteiger partial charge in [0.05, 0.1) is 37.5 Å².